The Hall–Kier alpha value is -15.4. The van der Waals surface area contributed by atoms with Crippen molar-refractivity contribution < 1.29 is 0 Å². The van der Waals surface area contributed by atoms with Crippen LogP contribution in [0.1, 0.15) is 44.5 Å². The molecule has 0 unspecified atom stereocenters. The SMILES string of the molecule is c1ccc(-c2ccc3ccc4ccc(-c5cccc(-c6nc7ccccc7c7cc8c(cc67)Sc6ccccc6C86c7ccccc7-c7ccccc76)c5)nc4c3n2)cc1.c1ccc(-c2nc(-c3ccccc3)nc(-c3cccc(-c4cccc(-c5nc6ccccc6c6cc7c(cc56)Sc5ccccc5C75c6ccccc6-c6ccccc65)c4)c3)n2)cc1. The molecule has 576 valence electrons. The van der Waals surface area contributed by atoms with Gasteiger partial charge in [-0.25, -0.2) is 34.9 Å². The molecule has 7 heterocycles. The number of benzene rings is 17. The highest BCUT2D eigenvalue weighted by Gasteiger charge is 2.52. The Balaban J connectivity index is 0.000000136. The minimum atomic E-state index is -0.462. The third-order valence-corrected chi connectivity index (χ3v) is 27.9. The van der Waals surface area contributed by atoms with E-state index in [1.54, 1.807) is 0 Å². The molecule has 0 amide bonds. The first kappa shape index (κ1) is 71.5. The summed E-state index contributed by atoms with van der Waals surface area (Å²) in [5.74, 6) is 1.91. The summed E-state index contributed by atoms with van der Waals surface area (Å²) in [7, 11) is 0. The lowest BCUT2D eigenvalue weighted by molar-refractivity contribution is 0.724. The van der Waals surface area contributed by atoms with E-state index in [4.69, 9.17) is 34.9 Å². The van der Waals surface area contributed by atoms with Crippen molar-refractivity contribution in [3.63, 3.8) is 0 Å². The smallest absolute Gasteiger partial charge is 0.164 e. The lowest BCUT2D eigenvalue weighted by Gasteiger charge is -2.40. The van der Waals surface area contributed by atoms with E-state index in [2.05, 4.69) is 352 Å². The standard InChI is InChI=1S/C59H36N4S.C56H33N3S/c1-3-17-37(18-4-1)56-61-57(38-19-5-2-6-20-38)63-58(62-56)42-24-16-22-40(34-42)39-21-15-23-41(33-39)55-47-36-54-51(35-46(47)45-27-9-13-31-52(45)60-55)59(50-30-12-14-32-53(50)64-54)48-28-10-7-25-43(48)44-26-8-11-29-49(44)59;1-2-13-34(14-3-1)48-29-27-35-25-26-36-28-30-49(58-55(36)54(35)57-48)37-15-12-16-38(31-37)53-43-33-52-47(32-42(43)41-19-6-10-23-50(41)59-53)56(46-22-9-11-24-51(46)60-52)44-20-7-4-17-39(44)40-18-5-8-21-45(40)56/h1-36H;1-33H. The maximum Gasteiger partial charge on any atom is 0.164 e. The average Bonchev–Trinajstić information content (AvgIpc) is 1.46. The molecule has 0 radical (unpaired) electrons. The number of hydrogen-bond acceptors (Lipinski definition) is 9. The molecule has 9 heteroatoms. The van der Waals surface area contributed by atoms with Crippen LogP contribution in [-0.2, 0) is 10.8 Å². The lowest BCUT2D eigenvalue weighted by atomic mass is 9.67. The van der Waals surface area contributed by atoms with Crippen LogP contribution in [0.15, 0.2) is 438 Å². The van der Waals surface area contributed by atoms with Gasteiger partial charge in [0.1, 0.15) is 0 Å². The van der Waals surface area contributed by atoms with Gasteiger partial charge in [-0.15, -0.1) is 0 Å². The van der Waals surface area contributed by atoms with E-state index in [1.807, 2.05) is 90.3 Å². The van der Waals surface area contributed by atoms with Gasteiger partial charge in [-0.1, -0.05) is 363 Å². The molecule has 0 bridgehead atoms. The molecule has 0 atom stereocenters. The molecule has 124 heavy (non-hydrogen) atoms. The Bertz CT molecular complexity index is 8070. The molecule has 17 aromatic carbocycles. The third-order valence-electron chi connectivity index (χ3n) is 25.6. The Labute approximate surface area is 724 Å². The molecule has 0 saturated heterocycles. The Morgan fingerprint density at radius 2 is 0.500 bits per heavy atom. The molecule has 22 aromatic rings. The van der Waals surface area contributed by atoms with Crippen LogP contribution < -0.4 is 0 Å². The zero-order chi connectivity index (χ0) is 81.6. The molecule has 0 fully saturated rings. The van der Waals surface area contributed by atoms with Crippen molar-refractivity contribution in [2.24, 2.45) is 0 Å². The largest absolute Gasteiger partial charge is 0.247 e. The van der Waals surface area contributed by atoms with E-state index >= 15 is 0 Å². The number of aromatic nitrogens is 7. The molecule has 2 aliphatic carbocycles. The van der Waals surface area contributed by atoms with Crippen LogP contribution in [0.25, 0.3) is 178 Å². The van der Waals surface area contributed by atoms with Crippen LogP contribution in [0.3, 0.4) is 0 Å². The summed E-state index contributed by atoms with van der Waals surface area (Å²) in [6.45, 7) is 0. The Morgan fingerprint density at radius 1 is 0.177 bits per heavy atom. The topological polar surface area (TPSA) is 90.2 Å². The summed E-state index contributed by atoms with van der Waals surface area (Å²) in [6.07, 6.45) is 0. The molecule has 0 N–H and O–H groups in total. The molecule has 0 saturated carbocycles. The van der Waals surface area contributed by atoms with Crippen LogP contribution >= 0.6 is 23.5 Å². The fraction of sp³-hybridized carbons (Fsp3) is 0.0174. The number of pyridine rings is 4. The van der Waals surface area contributed by atoms with Gasteiger partial charge < -0.3 is 0 Å². The Kier molecular flexibility index (Phi) is 16.5. The predicted molar refractivity (Wildman–Crippen MR) is 509 cm³/mol. The number of hydrogen-bond donors (Lipinski definition) is 0. The second-order valence-corrected chi connectivity index (χ2v) is 34.5. The molecule has 2 aliphatic heterocycles. The molecule has 26 rings (SSSR count). The third kappa shape index (κ3) is 11.2. The van der Waals surface area contributed by atoms with Crippen molar-refractivity contribution in [1.29, 1.82) is 0 Å². The van der Waals surface area contributed by atoms with Gasteiger partial charge in [-0.2, -0.15) is 0 Å². The van der Waals surface area contributed by atoms with E-state index in [1.165, 1.54) is 97.1 Å². The minimum absolute atomic E-state index is 0.453. The van der Waals surface area contributed by atoms with Crippen molar-refractivity contribution in [1.82, 2.24) is 34.9 Å². The summed E-state index contributed by atoms with van der Waals surface area (Å²) in [6, 6.07) is 151. The quantitative estimate of drug-likeness (QED) is 0.138. The highest BCUT2D eigenvalue weighted by molar-refractivity contribution is 7.99. The molecule has 4 aliphatic rings. The summed E-state index contributed by atoms with van der Waals surface area (Å²) < 4.78 is 0. The monoisotopic (exact) mass is 1610 g/mol. The maximum atomic E-state index is 5.47. The van der Waals surface area contributed by atoms with Gasteiger partial charge in [-0.05, 0) is 168 Å². The molecule has 5 aromatic heterocycles. The van der Waals surface area contributed by atoms with Crippen molar-refractivity contribution in [3.8, 4) is 113 Å². The van der Waals surface area contributed by atoms with Crippen LogP contribution in [0.4, 0.5) is 0 Å². The van der Waals surface area contributed by atoms with E-state index in [9.17, 15) is 0 Å². The van der Waals surface area contributed by atoms with Crippen LogP contribution in [0.2, 0.25) is 0 Å². The zero-order valence-corrected chi connectivity index (χ0v) is 68.4. The van der Waals surface area contributed by atoms with Crippen molar-refractivity contribution in [3.05, 3.63) is 463 Å². The first-order valence-electron chi connectivity index (χ1n) is 42.1. The van der Waals surface area contributed by atoms with Crippen LogP contribution in [0, 0.1) is 0 Å². The lowest BCUT2D eigenvalue weighted by Crippen LogP contribution is -2.32. The first-order chi connectivity index (χ1) is 61.4. The molecule has 7 nitrogen and oxygen atoms in total. The van der Waals surface area contributed by atoms with Gasteiger partial charge in [0.2, 0.25) is 0 Å². The zero-order valence-electron chi connectivity index (χ0n) is 66.8. The summed E-state index contributed by atoms with van der Waals surface area (Å²) >= 11 is 3.75. The van der Waals surface area contributed by atoms with Gasteiger partial charge in [-0.3, -0.25) is 0 Å². The van der Waals surface area contributed by atoms with E-state index in [-0.39, 0.29) is 0 Å². The fourth-order valence-corrected chi connectivity index (χ4v) is 22.6. The van der Waals surface area contributed by atoms with Gasteiger partial charge in [0, 0.05) is 90.8 Å². The summed E-state index contributed by atoms with van der Waals surface area (Å²) in [5, 5.41) is 9.12. The summed E-state index contributed by atoms with van der Waals surface area (Å²) in [4.78, 5) is 41.5. The van der Waals surface area contributed by atoms with Gasteiger partial charge in [0.25, 0.3) is 0 Å². The normalized spacial score (nSPS) is 13.2. The highest BCUT2D eigenvalue weighted by atomic mass is 32.2. The number of rotatable bonds is 8. The number of nitrogens with zero attached hydrogens (tertiary/aromatic N) is 7. The Morgan fingerprint density at radius 3 is 0.952 bits per heavy atom. The van der Waals surface area contributed by atoms with Gasteiger partial charge in [0.05, 0.1) is 55.7 Å². The van der Waals surface area contributed by atoms with Crippen molar-refractivity contribution in [2.75, 3.05) is 0 Å². The van der Waals surface area contributed by atoms with E-state index < -0.39 is 10.8 Å². The highest BCUT2D eigenvalue weighted by Crippen LogP contribution is 2.65. The molecule has 2 spiro atoms. The fourth-order valence-electron chi connectivity index (χ4n) is 20.2. The number of para-hydroxylation sites is 2. The average molecular weight is 1610 g/mol. The van der Waals surface area contributed by atoms with E-state index in [0.29, 0.717) is 17.5 Å². The maximum absolute atomic E-state index is 5.47. The van der Waals surface area contributed by atoms with Gasteiger partial charge in [0.15, 0.2) is 17.5 Å². The second kappa shape index (κ2) is 28.7. The summed E-state index contributed by atoms with van der Waals surface area (Å²) in [5.41, 5.74) is 31.7. The molecular formula is C115H69N7S2. The van der Waals surface area contributed by atoms with Gasteiger partial charge >= 0.3 is 0 Å². The van der Waals surface area contributed by atoms with Crippen LogP contribution in [0.5, 0.6) is 0 Å². The van der Waals surface area contributed by atoms with Crippen molar-refractivity contribution >= 4 is 88.7 Å². The predicted octanol–water partition coefficient (Wildman–Crippen LogP) is 29.0. The number of fused-ring (bicyclic) bond motifs is 27. The van der Waals surface area contributed by atoms with Crippen molar-refractivity contribution in [2.45, 2.75) is 30.4 Å². The van der Waals surface area contributed by atoms with Crippen LogP contribution in [-0.4, -0.2) is 34.9 Å². The first-order valence-corrected chi connectivity index (χ1v) is 43.7. The molecular weight excluding hydrogens is 1540 g/mol. The second-order valence-electron chi connectivity index (χ2n) is 32.4. The minimum Gasteiger partial charge on any atom is -0.247 e. The van der Waals surface area contributed by atoms with E-state index in [0.717, 1.165) is 127 Å².